The van der Waals surface area contributed by atoms with E-state index in [-0.39, 0.29) is 0 Å². The van der Waals surface area contributed by atoms with Crippen LogP contribution in [0.15, 0.2) is 0 Å². The molecule has 0 N–H and O–H groups in total. The molecular weight excluding hydrogens is 170 g/mol. The predicted molar refractivity (Wildman–Crippen MR) is 54.9 cm³/mol. The topological polar surface area (TPSA) is 12.5 Å². The fraction of sp³-hybridized carbons (Fsp3) is 1.00. The van der Waals surface area contributed by atoms with Crippen LogP contribution < -0.4 is 0 Å². The van der Waals surface area contributed by atoms with Crippen LogP contribution in [0.2, 0.25) is 0 Å². The smallest absolute Gasteiger partial charge is 0.0593 e. The molecule has 2 nitrogen and oxygen atoms in total. The fourth-order valence-corrected chi connectivity index (χ4v) is 1.52. The standard InChI is InChI=1S/C9H19NOS/c1-2-10(9-3-4-9)5-6-11-7-8-12/h9,12H,2-8H2,1H3. The molecule has 0 aromatic heterocycles. The number of hydrogen-bond acceptors (Lipinski definition) is 3. The van der Waals surface area contributed by atoms with E-state index in [2.05, 4.69) is 24.5 Å². The van der Waals surface area contributed by atoms with Gasteiger partial charge in [-0.25, -0.2) is 0 Å². The molecule has 1 aliphatic rings. The number of thiol groups is 1. The molecule has 72 valence electrons. The lowest BCUT2D eigenvalue weighted by Crippen LogP contribution is -2.29. The SMILES string of the molecule is CCN(CCOCCS)C1CC1. The Morgan fingerprint density at radius 1 is 1.42 bits per heavy atom. The summed E-state index contributed by atoms with van der Waals surface area (Å²) in [5, 5.41) is 0. The monoisotopic (exact) mass is 189 g/mol. The van der Waals surface area contributed by atoms with Gasteiger partial charge in [-0.05, 0) is 19.4 Å². The van der Waals surface area contributed by atoms with Gasteiger partial charge in [0.25, 0.3) is 0 Å². The van der Waals surface area contributed by atoms with Gasteiger partial charge < -0.3 is 4.74 Å². The molecule has 1 aliphatic carbocycles. The molecule has 0 bridgehead atoms. The number of hydrogen-bond donors (Lipinski definition) is 1. The molecule has 0 heterocycles. The number of ether oxygens (including phenoxy) is 1. The molecule has 3 heteroatoms. The Labute approximate surface area is 80.7 Å². The van der Waals surface area contributed by atoms with Crippen LogP contribution in [-0.2, 0) is 4.74 Å². The normalized spacial score (nSPS) is 17.2. The Balaban J connectivity index is 1.95. The molecule has 0 aromatic rings. The van der Waals surface area contributed by atoms with E-state index < -0.39 is 0 Å². The molecule has 0 radical (unpaired) electrons. The summed E-state index contributed by atoms with van der Waals surface area (Å²) in [6.45, 7) is 6.12. The third-order valence-electron chi connectivity index (χ3n) is 2.23. The van der Waals surface area contributed by atoms with Gasteiger partial charge in [0.15, 0.2) is 0 Å². The molecule has 0 aliphatic heterocycles. The van der Waals surface area contributed by atoms with E-state index in [0.717, 1.165) is 38.1 Å². The second-order valence-electron chi connectivity index (χ2n) is 3.20. The lowest BCUT2D eigenvalue weighted by atomic mass is 10.4. The largest absolute Gasteiger partial charge is 0.379 e. The molecule has 0 amide bonds. The van der Waals surface area contributed by atoms with Crippen molar-refractivity contribution in [2.24, 2.45) is 0 Å². The Hall–Kier alpha value is 0.270. The van der Waals surface area contributed by atoms with Crippen LogP contribution in [0.5, 0.6) is 0 Å². The van der Waals surface area contributed by atoms with Crippen molar-refractivity contribution < 1.29 is 4.74 Å². The first-order valence-electron chi connectivity index (χ1n) is 4.81. The zero-order valence-corrected chi connectivity index (χ0v) is 8.72. The first-order chi connectivity index (χ1) is 5.88. The van der Waals surface area contributed by atoms with E-state index in [1.54, 1.807) is 0 Å². The summed E-state index contributed by atoms with van der Waals surface area (Å²) < 4.78 is 5.38. The van der Waals surface area contributed by atoms with Gasteiger partial charge in [-0.1, -0.05) is 6.92 Å². The summed E-state index contributed by atoms with van der Waals surface area (Å²) in [5.74, 6) is 0.829. The summed E-state index contributed by atoms with van der Waals surface area (Å²) in [4.78, 5) is 2.50. The lowest BCUT2D eigenvalue weighted by molar-refractivity contribution is 0.114. The second-order valence-corrected chi connectivity index (χ2v) is 3.64. The highest BCUT2D eigenvalue weighted by Crippen LogP contribution is 2.25. The Kier molecular flexibility index (Phi) is 5.04. The lowest BCUT2D eigenvalue weighted by Gasteiger charge is -2.19. The van der Waals surface area contributed by atoms with Crippen molar-refractivity contribution in [3.63, 3.8) is 0 Å². The van der Waals surface area contributed by atoms with Crippen LogP contribution in [0.1, 0.15) is 19.8 Å². The van der Waals surface area contributed by atoms with Gasteiger partial charge in [0, 0.05) is 18.3 Å². The quantitative estimate of drug-likeness (QED) is 0.480. The van der Waals surface area contributed by atoms with Crippen molar-refractivity contribution >= 4 is 12.6 Å². The molecule has 1 fully saturated rings. The summed E-state index contributed by atoms with van der Waals surface area (Å²) >= 11 is 4.08. The van der Waals surface area contributed by atoms with Gasteiger partial charge in [-0.3, -0.25) is 4.90 Å². The van der Waals surface area contributed by atoms with Crippen molar-refractivity contribution in [3.05, 3.63) is 0 Å². The summed E-state index contributed by atoms with van der Waals surface area (Å²) in [6, 6.07) is 0.870. The average Bonchev–Trinajstić information content (AvgIpc) is 2.88. The maximum atomic E-state index is 5.38. The molecule has 1 saturated carbocycles. The number of rotatable bonds is 7. The summed E-state index contributed by atoms with van der Waals surface area (Å²) in [5.41, 5.74) is 0. The molecule has 0 aromatic carbocycles. The number of likely N-dealkylation sites (N-methyl/N-ethyl adjacent to an activating group) is 1. The van der Waals surface area contributed by atoms with Crippen molar-refractivity contribution in [3.8, 4) is 0 Å². The average molecular weight is 189 g/mol. The van der Waals surface area contributed by atoms with E-state index in [0.29, 0.717) is 0 Å². The van der Waals surface area contributed by atoms with E-state index >= 15 is 0 Å². The first-order valence-corrected chi connectivity index (χ1v) is 5.44. The van der Waals surface area contributed by atoms with Gasteiger partial charge in [0.2, 0.25) is 0 Å². The molecule has 12 heavy (non-hydrogen) atoms. The van der Waals surface area contributed by atoms with Crippen LogP contribution in [0.3, 0.4) is 0 Å². The molecular formula is C9H19NOS. The zero-order valence-electron chi connectivity index (χ0n) is 7.83. The van der Waals surface area contributed by atoms with E-state index in [1.165, 1.54) is 12.8 Å². The maximum absolute atomic E-state index is 5.38. The fourth-order valence-electron chi connectivity index (χ4n) is 1.39. The van der Waals surface area contributed by atoms with E-state index in [1.807, 2.05) is 0 Å². The van der Waals surface area contributed by atoms with Crippen molar-refractivity contribution in [2.75, 3.05) is 32.1 Å². The Morgan fingerprint density at radius 3 is 2.67 bits per heavy atom. The second kappa shape index (κ2) is 5.84. The van der Waals surface area contributed by atoms with Gasteiger partial charge >= 0.3 is 0 Å². The predicted octanol–water partition coefficient (Wildman–Crippen LogP) is 1.42. The van der Waals surface area contributed by atoms with Gasteiger partial charge in [0.1, 0.15) is 0 Å². The molecule has 0 saturated heterocycles. The Morgan fingerprint density at radius 2 is 2.17 bits per heavy atom. The number of nitrogens with zero attached hydrogens (tertiary/aromatic N) is 1. The van der Waals surface area contributed by atoms with Crippen molar-refractivity contribution in [1.82, 2.24) is 4.90 Å². The van der Waals surface area contributed by atoms with Crippen LogP contribution in [0, 0.1) is 0 Å². The molecule has 0 unspecified atom stereocenters. The minimum atomic E-state index is 0.783. The summed E-state index contributed by atoms with van der Waals surface area (Å²) in [6.07, 6.45) is 2.78. The summed E-state index contributed by atoms with van der Waals surface area (Å²) in [7, 11) is 0. The van der Waals surface area contributed by atoms with Crippen molar-refractivity contribution in [2.45, 2.75) is 25.8 Å². The van der Waals surface area contributed by atoms with Crippen LogP contribution in [-0.4, -0.2) is 43.0 Å². The third-order valence-corrected chi connectivity index (χ3v) is 2.41. The minimum absolute atomic E-state index is 0.783. The van der Waals surface area contributed by atoms with Gasteiger partial charge in [-0.15, -0.1) is 0 Å². The minimum Gasteiger partial charge on any atom is -0.379 e. The highest BCUT2D eigenvalue weighted by Gasteiger charge is 2.26. The van der Waals surface area contributed by atoms with Gasteiger partial charge in [0.05, 0.1) is 13.2 Å². The first kappa shape index (κ1) is 10.4. The molecule has 0 atom stereocenters. The highest BCUT2D eigenvalue weighted by atomic mass is 32.1. The van der Waals surface area contributed by atoms with Crippen LogP contribution in [0.4, 0.5) is 0 Å². The van der Waals surface area contributed by atoms with Crippen LogP contribution >= 0.6 is 12.6 Å². The maximum Gasteiger partial charge on any atom is 0.0593 e. The highest BCUT2D eigenvalue weighted by molar-refractivity contribution is 7.80. The van der Waals surface area contributed by atoms with Crippen molar-refractivity contribution in [1.29, 1.82) is 0 Å². The van der Waals surface area contributed by atoms with Crippen LogP contribution in [0.25, 0.3) is 0 Å². The Bertz CT molecular complexity index is 117. The van der Waals surface area contributed by atoms with E-state index in [4.69, 9.17) is 4.74 Å². The molecule has 0 spiro atoms. The zero-order chi connectivity index (χ0) is 8.81. The third kappa shape index (κ3) is 3.78. The van der Waals surface area contributed by atoms with Gasteiger partial charge in [-0.2, -0.15) is 12.6 Å². The van der Waals surface area contributed by atoms with E-state index in [9.17, 15) is 0 Å². The molecule has 1 rings (SSSR count).